The maximum Gasteiger partial charge on any atom is 0.333 e. The van der Waals surface area contributed by atoms with Crippen LogP contribution in [-0.4, -0.2) is 19.4 Å². The van der Waals surface area contributed by atoms with Crippen molar-refractivity contribution in [3.8, 4) is 0 Å². The van der Waals surface area contributed by atoms with Gasteiger partial charge in [0, 0.05) is 17.3 Å². The summed E-state index contributed by atoms with van der Waals surface area (Å²) in [6, 6.07) is 7.60. The number of allylic oxidation sites excluding steroid dienone is 4. The second kappa shape index (κ2) is 8.44. The zero-order valence-corrected chi connectivity index (χ0v) is 17.6. The summed E-state index contributed by atoms with van der Waals surface area (Å²) in [5, 5.41) is 3.49. The zero-order chi connectivity index (χ0) is 21.1. The minimum Gasteiger partial charge on any atom is -0.307 e. The number of nitrogens with one attached hydrogen (secondary N) is 2. The number of aromatic nitrogens is 1. The Bertz CT molecular complexity index is 1170. The van der Waals surface area contributed by atoms with Gasteiger partial charge in [-0.3, -0.25) is 4.98 Å². The third-order valence-electron chi connectivity index (χ3n) is 5.59. The number of nitrogens with zero attached hydrogens (tertiary/aromatic N) is 1. The van der Waals surface area contributed by atoms with Gasteiger partial charge in [0.25, 0.3) is 10.0 Å². The van der Waals surface area contributed by atoms with Crippen LogP contribution in [0.15, 0.2) is 76.5 Å². The Hall–Kier alpha value is -2.93. The van der Waals surface area contributed by atoms with E-state index >= 15 is 0 Å². The quantitative estimate of drug-likeness (QED) is 0.748. The van der Waals surface area contributed by atoms with Crippen LogP contribution >= 0.6 is 0 Å². The fourth-order valence-corrected chi connectivity index (χ4v) is 5.24. The minimum atomic E-state index is -4.09. The summed E-state index contributed by atoms with van der Waals surface area (Å²) < 4.78 is 28.0. The number of hydrogen-bond acceptors (Lipinski definition) is 4. The van der Waals surface area contributed by atoms with Crippen molar-refractivity contribution < 1.29 is 13.2 Å². The van der Waals surface area contributed by atoms with Gasteiger partial charge in [0.05, 0.1) is 5.52 Å². The molecule has 2 N–H and O–H groups in total. The van der Waals surface area contributed by atoms with Crippen LogP contribution in [0, 0.1) is 0 Å². The van der Waals surface area contributed by atoms with Crippen molar-refractivity contribution in [1.29, 1.82) is 0 Å². The first kappa shape index (κ1) is 20.3. The molecular weight excluding hydrogens is 398 g/mol. The lowest BCUT2D eigenvalue weighted by Gasteiger charge is -2.17. The first-order chi connectivity index (χ1) is 14.5. The van der Waals surface area contributed by atoms with Crippen LogP contribution in [0.2, 0.25) is 0 Å². The molecule has 0 spiro atoms. The Balaban J connectivity index is 1.61. The largest absolute Gasteiger partial charge is 0.333 e. The molecule has 2 aliphatic carbocycles. The highest BCUT2D eigenvalue weighted by Gasteiger charge is 2.25. The van der Waals surface area contributed by atoms with Gasteiger partial charge >= 0.3 is 6.03 Å². The van der Waals surface area contributed by atoms with Gasteiger partial charge in [0.2, 0.25) is 0 Å². The second-order valence-electron chi connectivity index (χ2n) is 7.68. The summed E-state index contributed by atoms with van der Waals surface area (Å²) in [6.45, 7) is 4.16. The topological polar surface area (TPSA) is 88.2 Å². The van der Waals surface area contributed by atoms with Gasteiger partial charge < -0.3 is 5.32 Å². The maximum absolute atomic E-state index is 12.9. The summed E-state index contributed by atoms with van der Waals surface area (Å²) in [5.41, 5.74) is 4.18. The van der Waals surface area contributed by atoms with Crippen molar-refractivity contribution >= 4 is 27.0 Å². The highest BCUT2D eigenvalue weighted by molar-refractivity contribution is 7.90. The van der Waals surface area contributed by atoms with E-state index in [1.54, 1.807) is 24.3 Å². The molecule has 4 rings (SSSR count). The van der Waals surface area contributed by atoms with Crippen LogP contribution in [-0.2, 0) is 10.0 Å². The first-order valence-electron chi connectivity index (χ1n) is 10.2. The van der Waals surface area contributed by atoms with Gasteiger partial charge in [-0.05, 0) is 73.8 Å². The van der Waals surface area contributed by atoms with Crippen molar-refractivity contribution in [3.63, 3.8) is 0 Å². The van der Waals surface area contributed by atoms with Crippen molar-refractivity contribution in [2.24, 2.45) is 0 Å². The minimum absolute atomic E-state index is 0.0249. The fourth-order valence-electron chi connectivity index (χ4n) is 4.15. The molecule has 2 amide bonds. The van der Waals surface area contributed by atoms with Crippen molar-refractivity contribution in [2.45, 2.75) is 49.8 Å². The molecule has 1 fully saturated rings. The normalized spacial score (nSPS) is 19.3. The fraction of sp³-hybridized carbons (Fsp3) is 0.304. The third kappa shape index (κ3) is 4.16. The number of para-hydroxylation sites is 1. The molecule has 1 saturated carbocycles. The molecule has 2 aromatic rings. The van der Waals surface area contributed by atoms with Crippen LogP contribution in [0.5, 0.6) is 0 Å². The standard InChI is InChI=1S/C23H25N3O3S/c1-16-8-3-2-4-9-17-10-5-13-19(17)21(16)25-23(27)26-30(28,29)20-14-6-11-18-12-7-15-24-22(18)20/h6-7,9,11-12,14-15H,1-5,8,10,13H2,(H2,25,26,27)/b17-9-,21-19?. The zero-order valence-electron chi connectivity index (χ0n) is 16.8. The summed E-state index contributed by atoms with van der Waals surface area (Å²) in [4.78, 5) is 16.9. The molecule has 0 unspecified atom stereocenters. The Morgan fingerprint density at radius 2 is 1.87 bits per heavy atom. The number of amides is 2. The number of fused-ring (bicyclic) bond motifs is 2. The van der Waals surface area contributed by atoms with E-state index < -0.39 is 16.1 Å². The van der Waals surface area contributed by atoms with Crippen LogP contribution in [0.1, 0.15) is 44.9 Å². The highest BCUT2D eigenvalue weighted by atomic mass is 32.2. The number of urea groups is 1. The van der Waals surface area contributed by atoms with E-state index in [1.165, 1.54) is 17.8 Å². The van der Waals surface area contributed by atoms with Crippen molar-refractivity contribution in [1.82, 2.24) is 15.0 Å². The van der Waals surface area contributed by atoms with Gasteiger partial charge in [-0.2, -0.15) is 0 Å². The maximum atomic E-state index is 12.9. The molecule has 0 bridgehead atoms. The predicted molar refractivity (Wildman–Crippen MR) is 117 cm³/mol. The van der Waals surface area contributed by atoms with Gasteiger partial charge in [-0.1, -0.05) is 30.9 Å². The van der Waals surface area contributed by atoms with E-state index in [0.29, 0.717) is 16.6 Å². The van der Waals surface area contributed by atoms with Gasteiger partial charge in [0.1, 0.15) is 4.90 Å². The van der Waals surface area contributed by atoms with E-state index in [9.17, 15) is 13.2 Å². The number of carbonyl (C=O) groups excluding carboxylic acids is 1. The molecule has 0 radical (unpaired) electrons. The first-order valence-corrected chi connectivity index (χ1v) is 11.7. The lowest BCUT2D eigenvalue weighted by molar-refractivity contribution is 0.248. The Morgan fingerprint density at radius 1 is 1.03 bits per heavy atom. The van der Waals surface area contributed by atoms with E-state index in [1.807, 2.05) is 0 Å². The second-order valence-corrected chi connectivity index (χ2v) is 9.33. The number of rotatable bonds is 3. The van der Waals surface area contributed by atoms with Crippen LogP contribution in [0.3, 0.4) is 0 Å². The molecular formula is C23H25N3O3S. The molecule has 30 heavy (non-hydrogen) atoms. The lowest BCUT2D eigenvalue weighted by atomic mass is 10.0. The smallest absolute Gasteiger partial charge is 0.307 e. The van der Waals surface area contributed by atoms with Crippen LogP contribution < -0.4 is 10.0 Å². The summed E-state index contributed by atoms with van der Waals surface area (Å²) in [5.74, 6) is 0. The van der Waals surface area contributed by atoms with E-state index in [2.05, 4.69) is 27.7 Å². The molecule has 1 heterocycles. The highest BCUT2D eigenvalue weighted by Crippen LogP contribution is 2.36. The number of benzene rings is 1. The molecule has 7 heteroatoms. The van der Waals surface area contributed by atoms with Crippen molar-refractivity contribution in [3.05, 3.63) is 71.6 Å². The average molecular weight is 424 g/mol. The van der Waals surface area contributed by atoms with Gasteiger partial charge in [-0.25, -0.2) is 17.9 Å². The molecule has 6 nitrogen and oxygen atoms in total. The molecule has 1 aromatic carbocycles. The van der Waals surface area contributed by atoms with E-state index in [-0.39, 0.29) is 4.90 Å². The molecule has 2 aliphatic rings. The van der Waals surface area contributed by atoms with Gasteiger partial charge in [-0.15, -0.1) is 0 Å². The van der Waals surface area contributed by atoms with E-state index in [0.717, 1.165) is 56.1 Å². The number of pyridine rings is 1. The Kier molecular flexibility index (Phi) is 5.72. The summed E-state index contributed by atoms with van der Waals surface area (Å²) >= 11 is 0. The molecule has 1 aromatic heterocycles. The molecule has 0 atom stereocenters. The molecule has 156 valence electrons. The number of hydrogen-bond donors (Lipinski definition) is 2. The SMILES string of the molecule is C=C1CCCC/C=C2/CCCC2=C1NC(=O)NS(=O)(=O)c1cccc2cccnc12. The van der Waals surface area contributed by atoms with Gasteiger partial charge in [0.15, 0.2) is 0 Å². The van der Waals surface area contributed by atoms with Crippen LogP contribution in [0.4, 0.5) is 4.79 Å². The third-order valence-corrected chi connectivity index (χ3v) is 6.95. The molecule has 0 saturated heterocycles. The average Bonchev–Trinajstić information content (AvgIpc) is 3.20. The Labute approximate surface area is 176 Å². The number of carbonyl (C=O) groups is 1. The van der Waals surface area contributed by atoms with E-state index in [4.69, 9.17) is 0 Å². The molecule has 0 aliphatic heterocycles. The lowest BCUT2D eigenvalue weighted by Crippen LogP contribution is -2.39. The van der Waals surface area contributed by atoms with Crippen LogP contribution in [0.25, 0.3) is 10.9 Å². The predicted octanol–water partition coefficient (Wildman–Crippen LogP) is 4.72. The number of sulfonamides is 1. The Morgan fingerprint density at radius 3 is 2.73 bits per heavy atom. The summed E-state index contributed by atoms with van der Waals surface area (Å²) in [6.07, 6.45) is 10.5. The van der Waals surface area contributed by atoms with Crippen molar-refractivity contribution in [2.75, 3.05) is 0 Å². The monoisotopic (exact) mass is 423 g/mol. The summed E-state index contributed by atoms with van der Waals surface area (Å²) in [7, 11) is -4.09.